The molecular formula is C16H14ClNO3S2. The number of thiazole rings is 1. The second-order valence-corrected chi connectivity index (χ2v) is 8.30. The molecule has 0 aliphatic heterocycles. The highest BCUT2D eigenvalue weighted by Gasteiger charge is 2.15. The molecule has 1 atom stereocenters. The fourth-order valence-corrected chi connectivity index (χ4v) is 4.20. The maximum Gasteiger partial charge on any atom is 0.269 e. The standard InChI is InChI=1S/C16H14ClNO3S2/c1-10(12-3-5-13(17)6-4-12)16-18-14-7-2-11(8-15(14)22-16)9-23(19,20)21/h2-8,10H,9H2,1H3,(H,19,20,21). The van der Waals surface area contributed by atoms with Gasteiger partial charge in [0.15, 0.2) is 0 Å². The summed E-state index contributed by atoms with van der Waals surface area (Å²) in [5, 5.41) is 1.64. The first-order valence-electron chi connectivity index (χ1n) is 6.92. The molecule has 7 heteroatoms. The molecule has 4 nitrogen and oxygen atoms in total. The van der Waals surface area contributed by atoms with Gasteiger partial charge in [0.2, 0.25) is 0 Å². The van der Waals surface area contributed by atoms with E-state index in [2.05, 4.69) is 11.9 Å². The Morgan fingerprint density at radius 1 is 1.22 bits per heavy atom. The SMILES string of the molecule is CC(c1ccc(Cl)cc1)c1nc2ccc(CS(=O)(=O)O)cc2s1. The van der Waals surface area contributed by atoms with E-state index in [1.807, 2.05) is 24.3 Å². The lowest BCUT2D eigenvalue weighted by atomic mass is 10.0. The van der Waals surface area contributed by atoms with Gasteiger partial charge in [-0.05, 0) is 35.4 Å². The van der Waals surface area contributed by atoms with Crippen LogP contribution in [0.25, 0.3) is 10.2 Å². The molecule has 23 heavy (non-hydrogen) atoms. The van der Waals surface area contributed by atoms with Crippen molar-refractivity contribution in [2.75, 3.05) is 0 Å². The molecule has 2 aromatic carbocycles. The van der Waals surface area contributed by atoms with Crippen molar-refractivity contribution in [3.8, 4) is 0 Å². The average molecular weight is 368 g/mol. The molecule has 1 unspecified atom stereocenters. The zero-order chi connectivity index (χ0) is 16.6. The molecule has 0 aliphatic rings. The lowest BCUT2D eigenvalue weighted by Crippen LogP contribution is -2.00. The average Bonchev–Trinajstić information content (AvgIpc) is 2.88. The minimum atomic E-state index is -4.03. The molecule has 3 rings (SSSR count). The van der Waals surface area contributed by atoms with Crippen LogP contribution >= 0.6 is 22.9 Å². The van der Waals surface area contributed by atoms with Crippen LogP contribution in [0.1, 0.15) is 29.0 Å². The predicted octanol–water partition coefficient (Wildman–Crippen LogP) is 4.49. The number of hydrogen-bond donors (Lipinski definition) is 1. The van der Waals surface area contributed by atoms with Crippen molar-refractivity contribution in [1.82, 2.24) is 4.98 Å². The molecule has 120 valence electrons. The Morgan fingerprint density at radius 2 is 1.91 bits per heavy atom. The highest BCUT2D eigenvalue weighted by atomic mass is 35.5. The summed E-state index contributed by atoms with van der Waals surface area (Å²) in [7, 11) is -4.03. The number of fused-ring (bicyclic) bond motifs is 1. The molecule has 1 aromatic heterocycles. The lowest BCUT2D eigenvalue weighted by molar-refractivity contribution is 0.482. The fourth-order valence-electron chi connectivity index (χ4n) is 2.37. The van der Waals surface area contributed by atoms with Crippen LogP contribution in [-0.4, -0.2) is 18.0 Å². The summed E-state index contributed by atoms with van der Waals surface area (Å²) in [5.74, 6) is -0.266. The summed E-state index contributed by atoms with van der Waals surface area (Å²) in [4.78, 5) is 4.62. The van der Waals surface area contributed by atoms with Crippen LogP contribution in [0, 0.1) is 0 Å². The van der Waals surface area contributed by atoms with Gasteiger partial charge in [-0.3, -0.25) is 4.55 Å². The molecule has 0 fully saturated rings. The van der Waals surface area contributed by atoms with Crippen molar-refractivity contribution in [3.63, 3.8) is 0 Å². The first-order chi connectivity index (χ1) is 10.8. The molecule has 0 radical (unpaired) electrons. The predicted molar refractivity (Wildman–Crippen MR) is 93.8 cm³/mol. The van der Waals surface area contributed by atoms with Crippen molar-refractivity contribution in [2.45, 2.75) is 18.6 Å². The van der Waals surface area contributed by atoms with Gasteiger partial charge < -0.3 is 0 Å². The molecule has 0 aliphatic carbocycles. The summed E-state index contributed by atoms with van der Waals surface area (Å²) >= 11 is 7.44. The van der Waals surface area contributed by atoms with Crippen LogP contribution in [0.4, 0.5) is 0 Å². The van der Waals surface area contributed by atoms with Crippen molar-refractivity contribution < 1.29 is 13.0 Å². The first kappa shape index (κ1) is 16.4. The number of halogens is 1. The molecule has 3 aromatic rings. The fraction of sp³-hybridized carbons (Fsp3) is 0.188. The number of rotatable bonds is 4. The number of nitrogens with zero attached hydrogens (tertiary/aromatic N) is 1. The molecule has 1 N–H and O–H groups in total. The normalized spacial score (nSPS) is 13.3. The van der Waals surface area contributed by atoms with E-state index < -0.39 is 10.1 Å². The van der Waals surface area contributed by atoms with Crippen molar-refractivity contribution in [2.24, 2.45) is 0 Å². The summed E-state index contributed by atoms with van der Waals surface area (Å²) < 4.78 is 31.9. The largest absolute Gasteiger partial charge is 0.285 e. The Balaban J connectivity index is 1.94. The van der Waals surface area contributed by atoms with Gasteiger partial charge in [0.1, 0.15) is 10.8 Å². The summed E-state index contributed by atoms with van der Waals surface area (Å²) in [6.07, 6.45) is 0. The summed E-state index contributed by atoms with van der Waals surface area (Å²) in [6, 6.07) is 12.9. The molecule has 1 heterocycles. The Bertz CT molecular complexity index is 949. The van der Waals surface area contributed by atoms with Gasteiger partial charge in [-0.15, -0.1) is 11.3 Å². The Hall–Kier alpha value is -1.47. The Kier molecular flexibility index (Phi) is 4.42. The molecular weight excluding hydrogens is 354 g/mol. The second-order valence-electron chi connectivity index (χ2n) is 5.35. The van der Waals surface area contributed by atoms with Crippen LogP contribution in [-0.2, 0) is 15.9 Å². The van der Waals surface area contributed by atoms with Crippen LogP contribution in [0.15, 0.2) is 42.5 Å². The number of benzene rings is 2. The van der Waals surface area contributed by atoms with Gasteiger partial charge in [0.25, 0.3) is 10.1 Å². The zero-order valence-corrected chi connectivity index (χ0v) is 14.6. The number of aromatic nitrogens is 1. The lowest BCUT2D eigenvalue weighted by Gasteiger charge is -2.08. The smallest absolute Gasteiger partial charge is 0.269 e. The molecule has 0 saturated carbocycles. The van der Waals surface area contributed by atoms with E-state index in [1.54, 1.807) is 18.2 Å². The van der Waals surface area contributed by atoms with Crippen LogP contribution < -0.4 is 0 Å². The van der Waals surface area contributed by atoms with Gasteiger partial charge in [0.05, 0.1) is 10.2 Å². The van der Waals surface area contributed by atoms with Crippen molar-refractivity contribution in [3.05, 3.63) is 63.6 Å². The third-order valence-corrected chi connectivity index (χ3v) is 5.71. The van der Waals surface area contributed by atoms with Crippen LogP contribution in [0.3, 0.4) is 0 Å². The van der Waals surface area contributed by atoms with E-state index in [4.69, 9.17) is 16.2 Å². The van der Waals surface area contributed by atoms with Gasteiger partial charge in [-0.1, -0.05) is 36.7 Å². The first-order valence-corrected chi connectivity index (χ1v) is 9.72. The molecule has 0 amide bonds. The minimum absolute atomic E-state index is 0.120. The topological polar surface area (TPSA) is 67.3 Å². The maximum absolute atomic E-state index is 11.0. The van der Waals surface area contributed by atoms with E-state index in [-0.39, 0.29) is 11.7 Å². The van der Waals surface area contributed by atoms with E-state index in [0.29, 0.717) is 10.6 Å². The van der Waals surface area contributed by atoms with Gasteiger partial charge in [-0.2, -0.15) is 8.42 Å². The van der Waals surface area contributed by atoms with Crippen LogP contribution in [0.2, 0.25) is 5.02 Å². The molecule has 0 spiro atoms. The summed E-state index contributed by atoms with van der Waals surface area (Å²) in [5.41, 5.74) is 2.49. The monoisotopic (exact) mass is 367 g/mol. The Labute approximate surface area is 143 Å². The molecule has 0 bridgehead atoms. The van der Waals surface area contributed by atoms with E-state index in [0.717, 1.165) is 20.8 Å². The third kappa shape index (κ3) is 3.90. The minimum Gasteiger partial charge on any atom is -0.285 e. The van der Waals surface area contributed by atoms with E-state index in [1.165, 1.54) is 11.3 Å². The van der Waals surface area contributed by atoms with Gasteiger partial charge in [0, 0.05) is 10.9 Å². The van der Waals surface area contributed by atoms with Crippen molar-refractivity contribution in [1.29, 1.82) is 0 Å². The number of hydrogen-bond acceptors (Lipinski definition) is 4. The Morgan fingerprint density at radius 3 is 2.57 bits per heavy atom. The van der Waals surface area contributed by atoms with E-state index in [9.17, 15) is 8.42 Å². The molecule has 0 saturated heterocycles. The van der Waals surface area contributed by atoms with Gasteiger partial charge in [-0.25, -0.2) is 4.98 Å². The zero-order valence-electron chi connectivity index (χ0n) is 12.2. The van der Waals surface area contributed by atoms with Crippen molar-refractivity contribution >= 4 is 43.3 Å². The van der Waals surface area contributed by atoms with E-state index >= 15 is 0 Å². The van der Waals surface area contributed by atoms with Crippen LogP contribution in [0.5, 0.6) is 0 Å². The highest BCUT2D eigenvalue weighted by Crippen LogP contribution is 2.32. The third-order valence-electron chi connectivity index (χ3n) is 3.56. The summed E-state index contributed by atoms with van der Waals surface area (Å²) in [6.45, 7) is 2.07. The second kappa shape index (κ2) is 6.20. The highest BCUT2D eigenvalue weighted by molar-refractivity contribution is 7.85. The van der Waals surface area contributed by atoms with Gasteiger partial charge >= 0.3 is 0 Å². The quantitative estimate of drug-likeness (QED) is 0.690. The maximum atomic E-state index is 11.0.